The minimum atomic E-state index is 0.841. The lowest BCUT2D eigenvalue weighted by molar-refractivity contribution is 0.414. The number of benzene rings is 2. The monoisotopic (exact) mass is 427 g/mol. The summed E-state index contributed by atoms with van der Waals surface area (Å²) in [7, 11) is 1.68. The Morgan fingerprint density at radius 3 is 2.54 bits per heavy atom. The van der Waals surface area contributed by atoms with E-state index in [2.05, 4.69) is 67.3 Å². The summed E-state index contributed by atoms with van der Waals surface area (Å²) in [6.45, 7) is 0.881. The highest BCUT2D eigenvalue weighted by Crippen LogP contribution is 2.26. The molecule has 3 aromatic rings. The van der Waals surface area contributed by atoms with Gasteiger partial charge in [0.2, 0.25) is 0 Å². The second-order valence-corrected chi connectivity index (χ2v) is 7.71. The Bertz CT molecular complexity index is 1000. The average molecular weight is 428 g/mol. The molecule has 0 bridgehead atoms. The van der Waals surface area contributed by atoms with Gasteiger partial charge >= 0.3 is 0 Å². The van der Waals surface area contributed by atoms with Gasteiger partial charge in [-0.1, -0.05) is 28.1 Å². The summed E-state index contributed by atoms with van der Waals surface area (Å²) < 4.78 is 8.55. The molecule has 2 heterocycles. The van der Waals surface area contributed by atoms with Gasteiger partial charge in [0.05, 0.1) is 12.8 Å². The molecule has 4 rings (SSSR count). The average Bonchev–Trinajstić information content (AvgIpc) is 3.33. The summed E-state index contributed by atoms with van der Waals surface area (Å²) in [5, 5.41) is 2.15. The van der Waals surface area contributed by atoms with Crippen LogP contribution < -0.4 is 9.54 Å². The van der Waals surface area contributed by atoms with E-state index in [1.54, 1.807) is 18.4 Å². The molecule has 0 N–H and O–H groups in total. The molecule has 4 nitrogen and oxygen atoms in total. The zero-order valence-corrected chi connectivity index (χ0v) is 16.8. The van der Waals surface area contributed by atoms with Gasteiger partial charge in [0.1, 0.15) is 11.6 Å². The summed E-state index contributed by atoms with van der Waals surface area (Å²) in [4.78, 5) is 10.3. The first kappa shape index (κ1) is 17.2. The summed E-state index contributed by atoms with van der Waals surface area (Å²) in [5.41, 5.74) is 3.32. The zero-order valence-electron chi connectivity index (χ0n) is 14.4. The van der Waals surface area contributed by atoms with Gasteiger partial charge in [0.25, 0.3) is 0 Å². The quantitative estimate of drug-likeness (QED) is 0.574. The van der Waals surface area contributed by atoms with Crippen molar-refractivity contribution in [3.63, 3.8) is 0 Å². The number of thiazole rings is 1. The highest BCUT2D eigenvalue weighted by Gasteiger charge is 2.12. The van der Waals surface area contributed by atoms with Gasteiger partial charge in [0, 0.05) is 28.5 Å². The minimum absolute atomic E-state index is 0.841. The number of aliphatic imine (C=N–C) groups is 1. The van der Waals surface area contributed by atoms with E-state index in [0.717, 1.165) is 57.2 Å². The van der Waals surface area contributed by atoms with Crippen LogP contribution in [0.25, 0.3) is 16.9 Å². The standard InChI is InChI=1S/C20H18BrN3OS/c1-25-17-10-8-16(9-11-17)24-18(14-4-6-15(21)7-5-14)13-26-20(24)23-19-3-2-12-22-19/h4-11,13H,2-3,12H2,1H3. The maximum Gasteiger partial charge on any atom is 0.196 e. The summed E-state index contributed by atoms with van der Waals surface area (Å²) in [6.07, 6.45) is 2.04. The van der Waals surface area contributed by atoms with Crippen molar-refractivity contribution < 1.29 is 4.74 Å². The van der Waals surface area contributed by atoms with E-state index in [1.165, 1.54) is 0 Å². The predicted octanol–water partition coefficient (Wildman–Crippen LogP) is 5.07. The zero-order chi connectivity index (χ0) is 17.9. The molecular weight excluding hydrogens is 410 g/mol. The van der Waals surface area contributed by atoms with E-state index < -0.39 is 0 Å². The molecule has 0 radical (unpaired) electrons. The van der Waals surface area contributed by atoms with Crippen LogP contribution in [0.2, 0.25) is 0 Å². The molecule has 0 fully saturated rings. The van der Waals surface area contributed by atoms with Gasteiger partial charge in [0.15, 0.2) is 4.80 Å². The first-order chi connectivity index (χ1) is 12.7. The molecule has 0 unspecified atom stereocenters. The maximum atomic E-state index is 5.30. The fourth-order valence-electron chi connectivity index (χ4n) is 2.92. The maximum absolute atomic E-state index is 5.30. The predicted molar refractivity (Wildman–Crippen MR) is 110 cm³/mol. The molecule has 0 saturated carbocycles. The first-order valence-electron chi connectivity index (χ1n) is 8.43. The topological polar surface area (TPSA) is 38.9 Å². The molecule has 132 valence electrons. The number of hydrogen-bond donors (Lipinski definition) is 0. The molecule has 0 atom stereocenters. The summed E-state index contributed by atoms with van der Waals surface area (Å²) in [5.74, 6) is 1.78. The third kappa shape index (κ3) is 3.52. The number of halogens is 1. The Morgan fingerprint density at radius 1 is 1.12 bits per heavy atom. The number of methoxy groups -OCH3 is 1. The smallest absolute Gasteiger partial charge is 0.196 e. The van der Waals surface area contributed by atoms with E-state index >= 15 is 0 Å². The van der Waals surface area contributed by atoms with E-state index in [4.69, 9.17) is 9.73 Å². The van der Waals surface area contributed by atoms with Gasteiger partial charge in [-0.05, 0) is 48.4 Å². The highest BCUT2D eigenvalue weighted by atomic mass is 79.9. The number of aromatic nitrogens is 1. The Kier molecular flexibility index (Phi) is 5.04. The SMILES string of the molecule is COc1ccc(-n2c(-c3ccc(Br)cc3)csc2=NC2=NCCC2)cc1. The number of rotatable bonds is 3. The molecule has 0 spiro atoms. The molecule has 1 aliphatic heterocycles. The molecule has 1 aromatic heterocycles. The molecule has 0 amide bonds. The van der Waals surface area contributed by atoms with Crippen molar-refractivity contribution >= 4 is 33.1 Å². The lowest BCUT2D eigenvalue weighted by Gasteiger charge is -2.10. The van der Waals surface area contributed by atoms with Gasteiger partial charge in [-0.3, -0.25) is 9.56 Å². The van der Waals surface area contributed by atoms with Crippen LogP contribution >= 0.6 is 27.3 Å². The highest BCUT2D eigenvalue weighted by molar-refractivity contribution is 9.10. The lowest BCUT2D eigenvalue weighted by atomic mass is 10.1. The molecule has 1 aliphatic rings. The van der Waals surface area contributed by atoms with Crippen molar-refractivity contribution in [3.8, 4) is 22.7 Å². The molecule has 0 aliphatic carbocycles. The van der Waals surface area contributed by atoms with Crippen LogP contribution in [0.1, 0.15) is 12.8 Å². The van der Waals surface area contributed by atoms with Crippen LogP contribution in [0.3, 0.4) is 0 Å². The van der Waals surface area contributed by atoms with Crippen LogP contribution in [-0.4, -0.2) is 24.1 Å². The van der Waals surface area contributed by atoms with Crippen molar-refractivity contribution in [3.05, 3.63) is 63.2 Å². The second-order valence-electron chi connectivity index (χ2n) is 5.96. The first-order valence-corrected chi connectivity index (χ1v) is 10.1. The Labute approximate surface area is 164 Å². The third-order valence-electron chi connectivity index (χ3n) is 4.26. The Balaban J connectivity index is 1.88. The number of hydrogen-bond acceptors (Lipinski definition) is 4. The van der Waals surface area contributed by atoms with Crippen LogP contribution in [0.5, 0.6) is 5.75 Å². The van der Waals surface area contributed by atoms with Crippen LogP contribution in [-0.2, 0) is 0 Å². The lowest BCUT2D eigenvalue weighted by Crippen LogP contribution is -2.15. The van der Waals surface area contributed by atoms with Crippen molar-refractivity contribution in [2.24, 2.45) is 9.98 Å². The fraction of sp³-hybridized carbons (Fsp3) is 0.200. The van der Waals surface area contributed by atoms with Crippen molar-refractivity contribution in [1.29, 1.82) is 0 Å². The van der Waals surface area contributed by atoms with Crippen LogP contribution in [0, 0.1) is 0 Å². The minimum Gasteiger partial charge on any atom is -0.497 e. The Morgan fingerprint density at radius 2 is 1.88 bits per heavy atom. The number of nitrogens with zero attached hydrogens (tertiary/aromatic N) is 3. The normalized spacial score (nSPS) is 14.5. The van der Waals surface area contributed by atoms with Crippen molar-refractivity contribution in [2.45, 2.75) is 12.8 Å². The summed E-state index contributed by atoms with van der Waals surface area (Å²) in [6, 6.07) is 16.4. The van der Waals surface area contributed by atoms with Crippen molar-refractivity contribution in [1.82, 2.24) is 4.57 Å². The van der Waals surface area contributed by atoms with E-state index in [1.807, 2.05) is 12.1 Å². The molecule has 2 aromatic carbocycles. The van der Waals surface area contributed by atoms with Crippen LogP contribution in [0.4, 0.5) is 0 Å². The molecule has 0 saturated heterocycles. The largest absolute Gasteiger partial charge is 0.497 e. The second kappa shape index (κ2) is 7.60. The number of amidine groups is 1. The number of ether oxygens (including phenoxy) is 1. The third-order valence-corrected chi connectivity index (χ3v) is 5.61. The molecule has 26 heavy (non-hydrogen) atoms. The molecule has 6 heteroatoms. The Hall–Kier alpha value is -2.18. The molecular formula is C20H18BrN3OS. The van der Waals surface area contributed by atoms with Crippen molar-refractivity contribution in [2.75, 3.05) is 13.7 Å². The van der Waals surface area contributed by atoms with Gasteiger partial charge in [-0.25, -0.2) is 4.99 Å². The van der Waals surface area contributed by atoms with Gasteiger partial charge in [-0.2, -0.15) is 0 Å². The van der Waals surface area contributed by atoms with Crippen LogP contribution in [0.15, 0.2) is 68.4 Å². The van der Waals surface area contributed by atoms with Gasteiger partial charge < -0.3 is 4.74 Å². The fourth-order valence-corrected chi connectivity index (χ4v) is 4.11. The van der Waals surface area contributed by atoms with E-state index in [0.29, 0.717) is 0 Å². The summed E-state index contributed by atoms with van der Waals surface area (Å²) >= 11 is 5.15. The van der Waals surface area contributed by atoms with E-state index in [-0.39, 0.29) is 0 Å². The van der Waals surface area contributed by atoms with E-state index in [9.17, 15) is 0 Å². The van der Waals surface area contributed by atoms with Gasteiger partial charge in [-0.15, -0.1) is 11.3 Å².